The summed E-state index contributed by atoms with van der Waals surface area (Å²) in [7, 11) is 0. The van der Waals surface area contributed by atoms with Crippen molar-refractivity contribution in [2.75, 3.05) is 6.61 Å². The van der Waals surface area contributed by atoms with E-state index in [1.165, 1.54) is 10.8 Å². The van der Waals surface area contributed by atoms with Crippen molar-refractivity contribution in [1.82, 2.24) is 4.57 Å². The number of ether oxygens (including phenoxy) is 1. The van der Waals surface area contributed by atoms with E-state index in [-0.39, 0.29) is 30.7 Å². The van der Waals surface area contributed by atoms with Gasteiger partial charge >= 0.3 is 5.97 Å². The van der Waals surface area contributed by atoms with Crippen molar-refractivity contribution in [2.24, 2.45) is 0 Å². The van der Waals surface area contributed by atoms with Gasteiger partial charge in [-0.3, -0.25) is 14.4 Å². The Morgan fingerprint density at radius 3 is 2.63 bits per heavy atom. The summed E-state index contributed by atoms with van der Waals surface area (Å²) in [6.07, 6.45) is 1.64. The molecule has 19 heavy (non-hydrogen) atoms. The number of halogens is 2. The topological polar surface area (TPSA) is 65.4 Å². The second-order valence-corrected chi connectivity index (χ2v) is 5.55. The van der Waals surface area contributed by atoms with Gasteiger partial charge in [0.05, 0.1) is 24.0 Å². The number of rotatable bonds is 6. The van der Waals surface area contributed by atoms with Crippen molar-refractivity contribution >= 4 is 43.6 Å². The molecule has 5 nitrogen and oxygen atoms in total. The largest absolute Gasteiger partial charge is 0.466 e. The van der Waals surface area contributed by atoms with Crippen molar-refractivity contribution in [3.8, 4) is 0 Å². The SMILES string of the molecule is CCOC(=O)CCC(=O)Cn1cc(Br)cc(Br)c1=O. The highest BCUT2D eigenvalue weighted by molar-refractivity contribution is 9.11. The maximum atomic E-state index is 11.7. The number of ketones is 1. The molecule has 0 amide bonds. The second kappa shape index (κ2) is 7.59. The molecule has 0 saturated carbocycles. The van der Waals surface area contributed by atoms with Crippen LogP contribution in [0.4, 0.5) is 0 Å². The highest BCUT2D eigenvalue weighted by atomic mass is 79.9. The van der Waals surface area contributed by atoms with Gasteiger partial charge in [0.15, 0.2) is 5.78 Å². The van der Waals surface area contributed by atoms with Crippen LogP contribution >= 0.6 is 31.9 Å². The molecule has 1 aromatic rings. The van der Waals surface area contributed by atoms with Gasteiger partial charge in [-0.05, 0) is 44.8 Å². The molecule has 7 heteroatoms. The molecule has 0 unspecified atom stereocenters. The van der Waals surface area contributed by atoms with Crippen LogP contribution in [-0.2, 0) is 20.9 Å². The molecule has 1 heterocycles. The van der Waals surface area contributed by atoms with Gasteiger partial charge in [-0.15, -0.1) is 0 Å². The summed E-state index contributed by atoms with van der Waals surface area (Å²) in [6.45, 7) is 1.94. The molecule has 0 fully saturated rings. The van der Waals surface area contributed by atoms with Crippen LogP contribution in [0.2, 0.25) is 0 Å². The minimum atomic E-state index is -0.404. The molecule has 0 N–H and O–H groups in total. The zero-order chi connectivity index (χ0) is 14.4. The van der Waals surface area contributed by atoms with Gasteiger partial charge in [0.1, 0.15) is 0 Å². The number of Topliss-reactive ketones (excluding diaryl/α,β-unsaturated/α-hetero) is 1. The van der Waals surface area contributed by atoms with Crippen LogP contribution < -0.4 is 5.56 Å². The molecule has 0 spiro atoms. The fraction of sp³-hybridized carbons (Fsp3) is 0.417. The van der Waals surface area contributed by atoms with Crippen LogP contribution in [0.5, 0.6) is 0 Å². The summed E-state index contributed by atoms with van der Waals surface area (Å²) in [5, 5.41) is 0. The first-order chi connectivity index (χ1) is 8.93. The molecule has 0 radical (unpaired) electrons. The van der Waals surface area contributed by atoms with Gasteiger partial charge in [-0.1, -0.05) is 0 Å². The molecule has 0 saturated heterocycles. The molecule has 0 bridgehead atoms. The predicted octanol–water partition coefficient (Wildman–Crippen LogP) is 2.29. The summed E-state index contributed by atoms with van der Waals surface area (Å²) < 4.78 is 7.09. The summed E-state index contributed by atoms with van der Waals surface area (Å²) >= 11 is 6.37. The molecule has 104 valence electrons. The van der Waals surface area contributed by atoms with Gasteiger partial charge in [0.2, 0.25) is 0 Å². The molecular weight excluding hydrogens is 382 g/mol. The molecule has 0 aliphatic rings. The molecule has 0 aliphatic heterocycles. The van der Waals surface area contributed by atoms with Crippen molar-refractivity contribution in [1.29, 1.82) is 0 Å². The third-order valence-electron chi connectivity index (χ3n) is 2.27. The third-order valence-corrected chi connectivity index (χ3v) is 3.27. The summed E-state index contributed by atoms with van der Waals surface area (Å²) in [6, 6.07) is 1.61. The van der Waals surface area contributed by atoms with E-state index < -0.39 is 5.97 Å². The number of nitrogens with zero attached hydrogens (tertiary/aromatic N) is 1. The lowest BCUT2D eigenvalue weighted by atomic mass is 10.2. The molecule has 1 aromatic heterocycles. The normalized spacial score (nSPS) is 10.3. The van der Waals surface area contributed by atoms with E-state index in [1.54, 1.807) is 13.0 Å². The molecular formula is C12H13Br2NO4. The number of pyridine rings is 1. The summed E-state index contributed by atoms with van der Waals surface area (Å²) in [5.74, 6) is -0.598. The van der Waals surface area contributed by atoms with Crippen LogP contribution in [0.15, 0.2) is 26.0 Å². The van der Waals surface area contributed by atoms with Gasteiger partial charge in [0.25, 0.3) is 5.56 Å². The van der Waals surface area contributed by atoms with Crippen LogP contribution in [0, 0.1) is 0 Å². The molecule has 1 rings (SSSR count). The van der Waals surface area contributed by atoms with E-state index in [4.69, 9.17) is 4.74 Å². The fourth-order valence-electron chi connectivity index (χ4n) is 1.43. The van der Waals surface area contributed by atoms with E-state index in [1.807, 2.05) is 0 Å². The third kappa shape index (κ3) is 5.28. The lowest BCUT2D eigenvalue weighted by Gasteiger charge is -2.06. The summed E-state index contributed by atoms with van der Waals surface area (Å²) in [4.78, 5) is 34.6. The Morgan fingerprint density at radius 2 is 2.00 bits per heavy atom. The minimum absolute atomic E-state index is 0.0383. The van der Waals surface area contributed by atoms with Crippen LogP contribution in [0.3, 0.4) is 0 Å². The Morgan fingerprint density at radius 1 is 1.32 bits per heavy atom. The molecule has 0 aromatic carbocycles. The number of carbonyl (C=O) groups excluding carboxylic acids is 2. The molecule has 0 atom stereocenters. The van der Waals surface area contributed by atoms with Crippen molar-refractivity contribution < 1.29 is 14.3 Å². The Bertz CT molecular complexity index is 539. The van der Waals surface area contributed by atoms with E-state index in [0.29, 0.717) is 15.6 Å². The predicted molar refractivity (Wildman–Crippen MR) is 77.0 cm³/mol. The number of hydrogen-bond donors (Lipinski definition) is 0. The zero-order valence-electron chi connectivity index (χ0n) is 10.3. The average molecular weight is 395 g/mol. The van der Waals surface area contributed by atoms with E-state index in [0.717, 1.165) is 0 Å². The van der Waals surface area contributed by atoms with E-state index >= 15 is 0 Å². The lowest BCUT2D eigenvalue weighted by molar-refractivity contribution is -0.144. The van der Waals surface area contributed by atoms with Gasteiger partial charge in [-0.2, -0.15) is 0 Å². The zero-order valence-corrected chi connectivity index (χ0v) is 13.5. The maximum absolute atomic E-state index is 11.7. The van der Waals surface area contributed by atoms with Gasteiger partial charge < -0.3 is 9.30 Å². The summed E-state index contributed by atoms with van der Waals surface area (Å²) in [5.41, 5.74) is -0.285. The number of carbonyl (C=O) groups is 2. The monoisotopic (exact) mass is 393 g/mol. The Labute approximate surface area is 127 Å². The fourth-order valence-corrected chi connectivity index (χ4v) is 2.68. The van der Waals surface area contributed by atoms with Crippen LogP contribution in [-0.4, -0.2) is 22.9 Å². The quantitative estimate of drug-likeness (QED) is 0.694. The second-order valence-electron chi connectivity index (χ2n) is 3.78. The maximum Gasteiger partial charge on any atom is 0.306 e. The first-order valence-corrected chi connectivity index (χ1v) is 7.25. The highest BCUT2D eigenvalue weighted by Gasteiger charge is 2.10. The smallest absolute Gasteiger partial charge is 0.306 e. The first-order valence-electron chi connectivity index (χ1n) is 5.66. The number of aromatic nitrogens is 1. The minimum Gasteiger partial charge on any atom is -0.466 e. The van der Waals surface area contributed by atoms with Gasteiger partial charge in [-0.25, -0.2) is 0 Å². The van der Waals surface area contributed by atoms with Crippen LogP contribution in [0.1, 0.15) is 19.8 Å². The highest BCUT2D eigenvalue weighted by Crippen LogP contribution is 2.12. The van der Waals surface area contributed by atoms with E-state index in [2.05, 4.69) is 31.9 Å². The molecule has 0 aliphatic carbocycles. The Hall–Kier alpha value is -0.950. The standard InChI is InChI=1S/C12H13Br2NO4/c1-2-19-11(17)4-3-9(16)7-15-6-8(13)5-10(14)12(15)18/h5-6H,2-4,7H2,1H3. The Kier molecular flexibility index (Phi) is 6.44. The lowest BCUT2D eigenvalue weighted by Crippen LogP contribution is -2.24. The van der Waals surface area contributed by atoms with Crippen molar-refractivity contribution in [3.05, 3.63) is 31.6 Å². The van der Waals surface area contributed by atoms with Gasteiger partial charge in [0, 0.05) is 17.1 Å². The van der Waals surface area contributed by atoms with Crippen LogP contribution in [0.25, 0.3) is 0 Å². The average Bonchev–Trinajstić information content (AvgIpc) is 2.33. The number of esters is 1. The number of hydrogen-bond acceptors (Lipinski definition) is 4. The first kappa shape index (κ1) is 16.1. The van der Waals surface area contributed by atoms with E-state index in [9.17, 15) is 14.4 Å². The van der Waals surface area contributed by atoms with Crippen molar-refractivity contribution in [2.45, 2.75) is 26.3 Å². The van der Waals surface area contributed by atoms with Crippen molar-refractivity contribution in [3.63, 3.8) is 0 Å². The Balaban J connectivity index is 2.63.